The Morgan fingerprint density at radius 1 is 1.12 bits per heavy atom. The molecule has 1 saturated heterocycles. The number of rotatable bonds is 6. The van der Waals surface area contributed by atoms with Crippen LogP contribution in [0.3, 0.4) is 0 Å². The van der Waals surface area contributed by atoms with E-state index < -0.39 is 0 Å². The van der Waals surface area contributed by atoms with Crippen molar-refractivity contribution in [2.24, 2.45) is 0 Å². The molecule has 3 rings (SSSR count). The molecule has 0 aliphatic carbocycles. The second-order valence-corrected chi connectivity index (χ2v) is 6.70. The van der Waals surface area contributed by atoms with Crippen LogP contribution >= 0.6 is 11.6 Å². The number of amides is 1. The van der Waals surface area contributed by atoms with Crippen molar-refractivity contribution in [2.45, 2.75) is 18.9 Å². The van der Waals surface area contributed by atoms with Gasteiger partial charge in [-0.05, 0) is 43.2 Å². The summed E-state index contributed by atoms with van der Waals surface area (Å²) in [6, 6.07) is 17.1. The van der Waals surface area contributed by atoms with Crippen LogP contribution in [0.2, 0.25) is 5.02 Å². The number of benzene rings is 2. The van der Waals surface area contributed by atoms with Gasteiger partial charge in [-0.3, -0.25) is 9.69 Å². The van der Waals surface area contributed by atoms with E-state index in [1.54, 1.807) is 0 Å². The first-order valence-corrected chi connectivity index (χ1v) is 9.05. The monoisotopic (exact) mass is 358 g/mol. The summed E-state index contributed by atoms with van der Waals surface area (Å²) in [4.78, 5) is 14.6. The Hall–Kier alpha value is -2.04. The zero-order valence-electron chi connectivity index (χ0n) is 14.2. The van der Waals surface area contributed by atoms with E-state index in [4.69, 9.17) is 16.3 Å². The van der Waals surface area contributed by atoms with Crippen molar-refractivity contribution in [1.29, 1.82) is 0 Å². The lowest BCUT2D eigenvalue weighted by Gasteiger charge is -2.32. The van der Waals surface area contributed by atoms with Crippen molar-refractivity contribution in [3.05, 3.63) is 65.2 Å². The van der Waals surface area contributed by atoms with Gasteiger partial charge in [0.1, 0.15) is 12.4 Å². The number of nitrogens with zero attached hydrogens (tertiary/aromatic N) is 1. The minimum absolute atomic E-state index is 0.0170. The summed E-state index contributed by atoms with van der Waals surface area (Å²) in [5, 5.41) is 3.82. The lowest BCUT2D eigenvalue weighted by Crippen LogP contribution is -2.45. The lowest BCUT2D eigenvalue weighted by atomic mass is 10.0. The number of piperidine rings is 1. The number of ether oxygens (including phenoxy) is 1. The van der Waals surface area contributed by atoms with E-state index in [-0.39, 0.29) is 11.9 Å². The molecule has 0 atom stereocenters. The van der Waals surface area contributed by atoms with Gasteiger partial charge in [0, 0.05) is 36.3 Å². The lowest BCUT2D eigenvalue weighted by molar-refractivity contribution is 0.0905. The molecule has 0 radical (unpaired) electrons. The van der Waals surface area contributed by atoms with Gasteiger partial charge in [-0.1, -0.05) is 35.9 Å². The van der Waals surface area contributed by atoms with Crippen LogP contribution in [0.5, 0.6) is 5.75 Å². The van der Waals surface area contributed by atoms with E-state index in [1.165, 1.54) is 0 Å². The third-order valence-corrected chi connectivity index (χ3v) is 4.67. The van der Waals surface area contributed by atoms with Crippen LogP contribution in [0.25, 0.3) is 0 Å². The van der Waals surface area contributed by atoms with Crippen LogP contribution in [0.4, 0.5) is 0 Å². The van der Waals surface area contributed by atoms with Crippen LogP contribution in [0.1, 0.15) is 23.2 Å². The van der Waals surface area contributed by atoms with Crippen LogP contribution in [-0.4, -0.2) is 43.1 Å². The van der Waals surface area contributed by atoms with Crippen LogP contribution in [-0.2, 0) is 0 Å². The van der Waals surface area contributed by atoms with Crippen LogP contribution in [0.15, 0.2) is 54.6 Å². The number of halogens is 1. The highest BCUT2D eigenvalue weighted by molar-refractivity contribution is 6.30. The molecule has 0 bridgehead atoms. The standard InChI is InChI=1S/C20H23ClN2O2/c21-17-7-4-8-19(15-17)25-14-13-23-11-9-18(10-12-23)22-20(24)16-5-2-1-3-6-16/h1-8,15,18H,9-14H2,(H,22,24). The predicted octanol–water partition coefficient (Wildman–Crippen LogP) is 3.61. The average molecular weight is 359 g/mol. The summed E-state index contributed by atoms with van der Waals surface area (Å²) in [5.41, 5.74) is 0.722. The van der Waals surface area contributed by atoms with Crippen molar-refractivity contribution in [3.63, 3.8) is 0 Å². The first-order chi connectivity index (χ1) is 12.2. The molecule has 2 aromatic carbocycles. The zero-order chi connectivity index (χ0) is 17.5. The van der Waals surface area contributed by atoms with Gasteiger partial charge in [0.05, 0.1) is 0 Å². The summed E-state index contributed by atoms with van der Waals surface area (Å²) in [5.74, 6) is 0.820. The average Bonchev–Trinajstić information content (AvgIpc) is 2.64. The summed E-state index contributed by atoms with van der Waals surface area (Å²) in [6.45, 7) is 3.46. The molecule has 5 heteroatoms. The fraction of sp³-hybridized carbons (Fsp3) is 0.350. The van der Waals surface area contributed by atoms with Gasteiger partial charge >= 0.3 is 0 Å². The Bertz CT molecular complexity index is 685. The molecule has 1 N–H and O–H groups in total. The number of hydrogen-bond acceptors (Lipinski definition) is 3. The summed E-state index contributed by atoms with van der Waals surface area (Å²) in [6.07, 6.45) is 1.94. The number of likely N-dealkylation sites (tertiary alicyclic amines) is 1. The fourth-order valence-electron chi connectivity index (χ4n) is 3.01. The molecule has 1 aliphatic heterocycles. The number of hydrogen-bond donors (Lipinski definition) is 1. The second-order valence-electron chi connectivity index (χ2n) is 6.26. The Kier molecular flexibility index (Phi) is 6.31. The molecule has 0 spiro atoms. The minimum Gasteiger partial charge on any atom is -0.492 e. The maximum Gasteiger partial charge on any atom is 0.251 e. The molecule has 4 nitrogen and oxygen atoms in total. The molecule has 1 fully saturated rings. The predicted molar refractivity (Wildman–Crippen MR) is 100 cm³/mol. The van der Waals surface area contributed by atoms with Crippen molar-refractivity contribution in [3.8, 4) is 5.75 Å². The normalized spacial score (nSPS) is 15.7. The van der Waals surface area contributed by atoms with Crippen LogP contribution < -0.4 is 10.1 Å². The Balaban J connectivity index is 1.36. The van der Waals surface area contributed by atoms with Gasteiger partial charge < -0.3 is 10.1 Å². The topological polar surface area (TPSA) is 41.6 Å². The quantitative estimate of drug-likeness (QED) is 0.857. The summed E-state index contributed by atoms with van der Waals surface area (Å²) < 4.78 is 5.74. The maximum atomic E-state index is 12.2. The number of nitrogens with one attached hydrogen (secondary N) is 1. The highest BCUT2D eigenvalue weighted by Crippen LogP contribution is 2.17. The van der Waals surface area contributed by atoms with E-state index in [0.29, 0.717) is 11.6 Å². The van der Waals surface area contributed by atoms with E-state index in [2.05, 4.69) is 10.2 Å². The van der Waals surface area contributed by atoms with Crippen molar-refractivity contribution in [2.75, 3.05) is 26.2 Å². The highest BCUT2D eigenvalue weighted by atomic mass is 35.5. The van der Waals surface area contributed by atoms with Gasteiger partial charge in [-0.2, -0.15) is 0 Å². The molecule has 0 unspecified atom stereocenters. The number of carbonyl (C=O) groups excluding carboxylic acids is 1. The van der Waals surface area contributed by atoms with Gasteiger partial charge in [0.2, 0.25) is 0 Å². The highest BCUT2D eigenvalue weighted by Gasteiger charge is 2.20. The molecule has 0 aromatic heterocycles. The first-order valence-electron chi connectivity index (χ1n) is 8.67. The first kappa shape index (κ1) is 17.8. The summed E-state index contributed by atoms with van der Waals surface area (Å²) in [7, 11) is 0. The smallest absolute Gasteiger partial charge is 0.251 e. The van der Waals surface area contributed by atoms with E-state index in [0.717, 1.165) is 43.8 Å². The molecule has 1 aliphatic rings. The summed E-state index contributed by atoms with van der Waals surface area (Å²) >= 11 is 5.95. The van der Waals surface area contributed by atoms with Crippen LogP contribution in [0, 0.1) is 0 Å². The molecule has 25 heavy (non-hydrogen) atoms. The Morgan fingerprint density at radius 2 is 1.88 bits per heavy atom. The van der Waals surface area contributed by atoms with Crippen molar-refractivity contribution >= 4 is 17.5 Å². The maximum absolute atomic E-state index is 12.2. The van der Waals surface area contributed by atoms with E-state index in [9.17, 15) is 4.79 Å². The van der Waals surface area contributed by atoms with E-state index >= 15 is 0 Å². The Morgan fingerprint density at radius 3 is 2.60 bits per heavy atom. The second kappa shape index (κ2) is 8.88. The minimum atomic E-state index is 0.0170. The molecule has 0 saturated carbocycles. The molecule has 2 aromatic rings. The molecular weight excluding hydrogens is 336 g/mol. The molecule has 132 valence electrons. The third-order valence-electron chi connectivity index (χ3n) is 4.43. The fourth-order valence-corrected chi connectivity index (χ4v) is 3.19. The van der Waals surface area contributed by atoms with E-state index in [1.807, 2.05) is 54.6 Å². The SMILES string of the molecule is O=C(NC1CCN(CCOc2cccc(Cl)c2)CC1)c1ccccc1. The largest absolute Gasteiger partial charge is 0.492 e. The number of carbonyl (C=O) groups is 1. The Labute approximate surface area is 153 Å². The van der Waals surface area contributed by atoms with Crippen molar-refractivity contribution < 1.29 is 9.53 Å². The van der Waals surface area contributed by atoms with Gasteiger partial charge in [-0.15, -0.1) is 0 Å². The molecule has 1 heterocycles. The molecule has 1 amide bonds. The zero-order valence-corrected chi connectivity index (χ0v) is 14.9. The van der Waals surface area contributed by atoms with Crippen molar-refractivity contribution in [1.82, 2.24) is 10.2 Å². The third kappa shape index (κ3) is 5.48. The van der Waals surface area contributed by atoms with Gasteiger partial charge in [0.25, 0.3) is 5.91 Å². The van der Waals surface area contributed by atoms with Gasteiger partial charge in [-0.25, -0.2) is 0 Å². The molecular formula is C20H23ClN2O2. The van der Waals surface area contributed by atoms with Gasteiger partial charge in [0.15, 0.2) is 0 Å².